The first kappa shape index (κ1) is 10.7. The molecule has 2 atom stereocenters. The van der Waals surface area contributed by atoms with E-state index in [1.165, 1.54) is 11.3 Å². The molecule has 0 radical (unpaired) electrons. The molecule has 3 heteroatoms. The van der Waals surface area contributed by atoms with Crippen molar-refractivity contribution in [3.8, 4) is 0 Å². The quantitative estimate of drug-likeness (QED) is 0.766. The Balaban J connectivity index is 2.43. The van der Waals surface area contributed by atoms with Crippen LogP contribution in [0, 0.1) is 0 Å². The third-order valence-corrected chi connectivity index (χ3v) is 3.00. The van der Waals surface area contributed by atoms with Crippen LogP contribution in [0.4, 0.5) is 0 Å². The zero-order valence-electron chi connectivity index (χ0n) is 7.81. The van der Waals surface area contributed by atoms with Crippen LogP contribution >= 0.6 is 11.3 Å². The molecule has 0 amide bonds. The van der Waals surface area contributed by atoms with Crippen LogP contribution in [0.1, 0.15) is 37.2 Å². The van der Waals surface area contributed by atoms with Gasteiger partial charge in [0.1, 0.15) is 6.10 Å². The molecular formula is C10H16O2S. The van der Waals surface area contributed by atoms with Crippen LogP contribution in [0.2, 0.25) is 0 Å². The number of thiophene rings is 1. The van der Waals surface area contributed by atoms with Gasteiger partial charge in [-0.25, -0.2) is 0 Å². The zero-order valence-corrected chi connectivity index (χ0v) is 8.63. The molecule has 0 saturated heterocycles. The summed E-state index contributed by atoms with van der Waals surface area (Å²) >= 11 is 1.48. The maximum absolute atomic E-state index is 9.66. The summed E-state index contributed by atoms with van der Waals surface area (Å²) in [5.41, 5.74) is 0. The van der Waals surface area contributed by atoms with Crippen LogP contribution in [-0.4, -0.2) is 16.3 Å². The van der Waals surface area contributed by atoms with E-state index in [0.29, 0.717) is 6.42 Å². The molecule has 0 bridgehead atoms. The SMILES string of the molecule is CCCC[C@H](O)[C@@H](O)c1cccs1. The summed E-state index contributed by atoms with van der Waals surface area (Å²) in [6.07, 6.45) is 1.37. The highest BCUT2D eigenvalue weighted by molar-refractivity contribution is 7.10. The fourth-order valence-electron chi connectivity index (χ4n) is 1.22. The van der Waals surface area contributed by atoms with Gasteiger partial charge in [0.15, 0.2) is 0 Å². The molecule has 0 spiro atoms. The highest BCUT2D eigenvalue weighted by atomic mass is 32.1. The fraction of sp³-hybridized carbons (Fsp3) is 0.600. The van der Waals surface area contributed by atoms with Gasteiger partial charge >= 0.3 is 0 Å². The van der Waals surface area contributed by atoms with E-state index >= 15 is 0 Å². The molecule has 74 valence electrons. The van der Waals surface area contributed by atoms with Gasteiger partial charge in [-0.2, -0.15) is 0 Å². The topological polar surface area (TPSA) is 40.5 Å². The van der Waals surface area contributed by atoms with Crippen molar-refractivity contribution in [1.82, 2.24) is 0 Å². The molecule has 0 saturated carbocycles. The number of aliphatic hydroxyl groups is 2. The number of unbranched alkanes of at least 4 members (excludes halogenated alkanes) is 1. The summed E-state index contributed by atoms with van der Waals surface area (Å²) in [4.78, 5) is 0.851. The van der Waals surface area contributed by atoms with Gasteiger partial charge in [0, 0.05) is 4.88 Å². The van der Waals surface area contributed by atoms with Crippen molar-refractivity contribution < 1.29 is 10.2 Å². The number of aliphatic hydroxyl groups excluding tert-OH is 2. The van der Waals surface area contributed by atoms with Gasteiger partial charge in [-0.3, -0.25) is 0 Å². The van der Waals surface area contributed by atoms with Crippen LogP contribution in [0.15, 0.2) is 17.5 Å². The molecule has 2 N–H and O–H groups in total. The van der Waals surface area contributed by atoms with Crippen molar-refractivity contribution in [2.24, 2.45) is 0 Å². The second kappa shape index (κ2) is 5.37. The van der Waals surface area contributed by atoms with E-state index in [1.807, 2.05) is 17.5 Å². The standard InChI is InChI=1S/C10H16O2S/c1-2-3-5-8(11)10(12)9-6-4-7-13-9/h4,6-8,10-12H,2-3,5H2,1H3/t8-,10+/m0/s1. The molecule has 0 unspecified atom stereocenters. The Bertz CT molecular complexity index is 221. The summed E-state index contributed by atoms with van der Waals surface area (Å²) in [6, 6.07) is 3.74. The summed E-state index contributed by atoms with van der Waals surface area (Å²) in [5.74, 6) is 0. The van der Waals surface area contributed by atoms with Gasteiger partial charge in [-0.1, -0.05) is 25.8 Å². The zero-order chi connectivity index (χ0) is 9.68. The normalized spacial score (nSPS) is 15.6. The molecule has 2 nitrogen and oxygen atoms in total. The number of hydrogen-bond donors (Lipinski definition) is 2. The lowest BCUT2D eigenvalue weighted by Crippen LogP contribution is -2.16. The highest BCUT2D eigenvalue weighted by Crippen LogP contribution is 2.24. The Labute approximate surface area is 82.8 Å². The molecule has 0 aliphatic heterocycles. The molecular weight excluding hydrogens is 184 g/mol. The molecule has 1 heterocycles. The van der Waals surface area contributed by atoms with E-state index in [2.05, 4.69) is 6.92 Å². The van der Waals surface area contributed by atoms with Gasteiger partial charge in [-0.15, -0.1) is 11.3 Å². The van der Waals surface area contributed by atoms with Crippen molar-refractivity contribution in [2.75, 3.05) is 0 Å². The van der Waals surface area contributed by atoms with E-state index in [9.17, 15) is 10.2 Å². The molecule has 1 aromatic heterocycles. The maximum Gasteiger partial charge on any atom is 0.114 e. The van der Waals surface area contributed by atoms with Gasteiger partial charge in [0.2, 0.25) is 0 Å². The van der Waals surface area contributed by atoms with Crippen LogP contribution in [0.5, 0.6) is 0 Å². The van der Waals surface area contributed by atoms with Crippen molar-refractivity contribution in [3.05, 3.63) is 22.4 Å². The monoisotopic (exact) mass is 200 g/mol. The molecule has 13 heavy (non-hydrogen) atoms. The Morgan fingerprint density at radius 2 is 2.23 bits per heavy atom. The minimum absolute atomic E-state index is 0.612. The second-order valence-electron chi connectivity index (χ2n) is 3.17. The van der Waals surface area contributed by atoms with Crippen LogP contribution < -0.4 is 0 Å². The van der Waals surface area contributed by atoms with Crippen molar-refractivity contribution in [1.29, 1.82) is 0 Å². The second-order valence-corrected chi connectivity index (χ2v) is 4.15. The largest absolute Gasteiger partial charge is 0.390 e. The van der Waals surface area contributed by atoms with E-state index in [4.69, 9.17) is 0 Å². The fourth-order valence-corrected chi connectivity index (χ4v) is 1.99. The molecule has 0 fully saturated rings. The maximum atomic E-state index is 9.66. The summed E-state index contributed by atoms with van der Waals surface area (Å²) < 4.78 is 0. The van der Waals surface area contributed by atoms with Crippen molar-refractivity contribution >= 4 is 11.3 Å². The Morgan fingerprint density at radius 3 is 2.77 bits per heavy atom. The summed E-state index contributed by atoms with van der Waals surface area (Å²) in [5, 5.41) is 21.2. The predicted molar refractivity (Wildman–Crippen MR) is 54.8 cm³/mol. The minimum atomic E-state index is -0.702. The first-order chi connectivity index (χ1) is 6.25. The summed E-state index contributed by atoms with van der Waals surface area (Å²) in [7, 11) is 0. The Hall–Kier alpha value is -0.380. The van der Waals surface area contributed by atoms with Crippen molar-refractivity contribution in [2.45, 2.75) is 38.4 Å². The van der Waals surface area contributed by atoms with Crippen LogP contribution in [-0.2, 0) is 0 Å². The van der Waals surface area contributed by atoms with E-state index in [0.717, 1.165) is 17.7 Å². The molecule has 0 aliphatic carbocycles. The highest BCUT2D eigenvalue weighted by Gasteiger charge is 2.17. The van der Waals surface area contributed by atoms with E-state index in [1.54, 1.807) is 0 Å². The Morgan fingerprint density at radius 1 is 1.46 bits per heavy atom. The average molecular weight is 200 g/mol. The van der Waals surface area contributed by atoms with E-state index < -0.39 is 12.2 Å². The van der Waals surface area contributed by atoms with Gasteiger partial charge in [0.05, 0.1) is 6.10 Å². The smallest absolute Gasteiger partial charge is 0.114 e. The lowest BCUT2D eigenvalue weighted by Gasteiger charge is -2.15. The van der Waals surface area contributed by atoms with Crippen molar-refractivity contribution in [3.63, 3.8) is 0 Å². The molecule has 0 aliphatic rings. The molecule has 1 rings (SSSR count). The third-order valence-electron chi connectivity index (χ3n) is 2.05. The van der Waals surface area contributed by atoms with Crippen LogP contribution in [0.3, 0.4) is 0 Å². The Kier molecular flexibility index (Phi) is 4.42. The lowest BCUT2D eigenvalue weighted by atomic mass is 10.1. The number of hydrogen-bond acceptors (Lipinski definition) is 3. The number of rotatable bonds is 5. The summed E-state index contributed by atoms with van der Waals surface area (Å²) in [6.45, 7) is 2.07. The molecule has 0 aromatic carbocycles. The van der Waals surface area contributed by atoms with Crippen LogP contribution in [0.25, 0.3) is 0 Å². The minimum Gasteiger partial charge on any atom is -0.390 e. The lowest BCUT2D eigenvalue weighted by molar-refractivity contribution is 0.0144. The van der Waals surface area contributed by atoms with Gasteiger partial charge in [-0.05, 0) is 17.9 Å². The van der Waals surface area contributed by atoms with E-state index in [-0.39, 0.29) is 0 Å². The first-order valence-corrected chi connectivity index (χ1v) is 5.53. The van der Waals surface area contributed by atoms with Gasteiger partial charge in [0.25, 0.3) is 0 Å². The first-order valence-electron chi connectivity index (χ1n) is 4.65. The van der Waals surface area contributed by atoms with Gasteiger partial charge < -0.3 is 10.2 Å². The third kappa shape index (κ3) is 3.10. The average Bonchev–Trinajstić information content (AvgIpc) is 2.65. The molecule has 1 aromatic rings. The predicted octanol–water partition coefficient (Wildman–Crippen LogP) is 2.33.